The van der Waals surface area contributed by atoms with Crippen molar-refractivity contribution in [2.24, 2.45) is 5.73 Å². The van der Waals surface area contributed by atoms with E-state index in [1.165, 1.54) is 12.1 Å². The molecule has 0 aliphatic heterocycles. The summed E-state index contributed by atoms with van der Waals surface area (Å²) in [5.41, 5.74) is 7.25. The van der Waals surface area contributed by atoms with Gasteiger partial charge in [0.15, 0.2) is 11.6 Å². The van der Waals surface area contributed by atoms with Crippen LogP contribution in [0.1, 0.15) is 17.2 Å². The molecule has 0 spiro atoms. The second-order valence-corrected chi connectivity index (χ2v) is 5.14. The van der Waals surface area contributed by atoms with Crippen LogP contribution in [0.4, 0.5) is 8.78 Å². The summed E-state index contributed by atoms with van der Waals surface area (Å²) in [4.78, 5) is 0. The molecule has 3 heteroatoms. The van der Waals surface area contributed by atoms with Crippen LogP contribution in [0.25, 0.3) is 10.8 Å². The van der Waals surface area contributed by atoms with Gasteiger partial charge in [0.05, 0.1) is 0 Å². The van der Waals surface area contributed by atoms with E-state index in [0.29, 0.717) is 6.42 Å². The van der Waals surface area contributed by atoms with Gasteiger partial charge in [-0.05, 0) is 28.8 Å². The Balaban J connectivity index is 1.89. The van der Waals surface area contributed by atoms with Crippen molar-refractivity contribution in [1.82, 2.24) is 0 Å². The van der Waals surface area contributed by atoms with Gasteiger partial charge in [-0.15, -0.1) is 0 Å². The van der Waals surface area contributed by atoms with E-state index >= 15 is 0 Å². The molecular weight excluding hydrogens is 268 g/mol. The molecular formula is C18H15F2N. The van der Waals surface area contributed by atoms with Crippen molar-refractivity contribution in [1.29, 1.82) is 0 Å². The maximum atomic E-state index is 13.8. The first-order valence-corrected chi connectivity index (χ1v) is 6.82. The molecule has 106 valence electrons. The smallest absolute Gasteiger partial charge is 0.163 e. The summed E-state index contributed by atoms with van der Waals surface area (Å²) in [6, 6.07) is 17.6. The van der Waals surface area contributed by atoms with Crippen LogP contribution in [0.5, 0.6) is 0 Å². The van der Waals surface area contributed by atoms with E-state index in [2.05, 4.69) is 0 Å². The third-order valence-corrected chi connectivity index (χ3v) is 3.65. The summed E-state index contributed by atoms with van der Waals surface area (Å²) in [5.74, 6) is -1.72. The number of hydrogen-bond acceptors (Lipinski definition) is 1. The molecule has 0 aromatic heterocycles. The summed E-state index contributed by atoms with van der Waals surface area (Å²) in [5, 5.41) is 2.26. The van der Waals surface area contributed by atoms with Crippen molar-refractivity contribution in [3.63, 3.8) is 0 Å². The van der Waals surface area contributed by atoms with Gasteiger partial charge >= 0.3 is 0 Å². The monoisotopic (exact) mass is 283 g/mol. The van der Waals surface area contributed by atoms with Crippen LogP contribution in [0, 0.1) is 11.6 Å². The van der Waals surface area contributed by atoms with E-state index in [1.54, 1.807) is 0 Å². The van der Waals surface area contributed by atoms with Gasteiger partial charge in [-0.2, -0.15) is 0 Å². The van der Waals surface area contributed by atoms with Gasteiger partial charge in [0, 0.05) is 11.6 Å². The number of halogens is 2. The molecule has 0 bridgehead atoms. The predicted octanol–water partition coefficient (Wildman–Crippen LogP) is 4.36. The van der Waals surface area contributed by atoms with E-state index in [1.807, 2.05) is 42.5 Å². The summed E-state index contributed by atoms with van der Waals surface area (Å²) in [6.45, 7) is 0. The van der Waals surface area contributed by atoms with E-state index in [4.69, 9.17) is 5.73 Å². The van der Waals surface area contributed by atoms with E-state index in [0.717, 1.165) is 22.4 Å². The van der Waals surface area contributed by atoms with Gasteiger partial charge in [0.1, 0.15) is 0 Å². The molecule has 0 saturated heterocycles. The Bertz CT molecular complexity index is 783. The van der Waals surface area contributed by atoms with Gasteiger partial charge < -0.3 is 5.73 Å². The Hall–Kier alpha value is -2.26. The first-order chi connectivity index (χ1) is 10.1. The Morgan fingerprint density at radius 1 is 0.857 bits per heavy atom. The summed E-state index contributed by atoms with van der Waals surface area (Å²) in [6.07, 6.45) is 0.463. The Morgan fingerprint density at radius 2 is 1.62 bits per heavy atom. The number of fused-ring (bicyclic) bond motifs is 1. The number of benzene rings is 3. The molecule has 3 aromatic rings. The standard InChI is InChI=1S/C18H15F2N/c19-16-7-3-6-15(18(16)20)17(21)11-12-8-9-13-4-1-2-5-14(13)10-12/h1-10,17H,11,21H2. The topological polar surface area (TPSA) is 26.0 Å². The van der Waals surface area contributed by atoms with Gasteiger partial charge in [-0.1, -0.05) is 54.6 Å². The maximum Gasteiger partial charge on any atom is 0.163 e. The van der Waals surface area contributed by atoms with Crippen LogP contribution in [0.15, 0.2) is 60.7 Å². The second kappa shape index (κ2) is 5.62. The fraction of sp³-hybridized carbons (Fsp3) is 0.111. The van der Waals surface area contributed by atoms with E-state index in [9.17, 15) is 8.78 Å². The number of hydrogen-bond donors (Lipinski definition) is 1. The van der Waals surface area contributed by atoms with Crippen LogP contribution in [-0.4, -0.2) is 0 Å². The minimum absolute atomic E-state index is 0.211. The molecule has 1 nitrogen and oxygen atoms in total. The number of rotatable bonds is 3. The molecule has 0 radical (unpaired) electrons. The molecule has 0 aliphatic carbocycles. The number of nitrogens with two attached hydrogens (primary N) is 1. The minimum Gasteiger partial charge on any atom is -0.324 e. The van der Waals surface area contributed by atoms with Crippen LogP contribution in [0.3, 0.4) is 0 Å². The summed E-state index contributed by atoms with van der Waals surface area (Å²) < 4.78 is 27.0. The van der Waals surface area contributed by atoms with Crippen molar-refractivity contribution >= 4 is 10.8 Å². The largest absolute Gasteiger partial charge is 0.324 e. The predicted molar refractivity (Wildman–Crippen MR) is 80.9 cm³/mol. The van der Waals surface area contributed by atoms with Crippen molar-refractivity contribution in [2.75, 3.05) is 0 Å². The SMILES string of the molecule is NC(Cc1ccc2ccccc2c1)c1cccc(F)c1F. The Labute approximate surface area is 122 Å². The fourth-order valence-electron chi connectivity index (χ4n) is 2.54. The Kier molecular flexibility index (Phi) is 3.67. The van der Waals surface area contributed by atoms with Gasteiger partial charge in [0.25, 0.3) is 0 Å². The molecule has 0 aliphatic rings. The molecule has 0 saturated carbocycles. The lowest BCUT2D eigenvalue weighted by molar-refractivity contribution is 0.488. The molecule has 3 aromatic carbocycles. The van der Waals surface area contributed by atoms with Gasteiger partial charge in [0.2, 0.25) is 0 Å². The molecule has 0 fully saturated rings. The Morgan fingerprint density at radius 3 is 2.43 bits per heavy atom. The lowest BCUT2D eigenvalue weighted by Gasteiger charge is -2.14. The van der Waals surface area contributed by atoms with E-state index in [-0.39, 0.29) is 5.56 Å². The molecule has 1 unspecified atom stereocenters. The summed E-state index contributed by atoms with van der Waals surface area (Å²) in [7, 11) is 0. The zero-order valence-electron chi connectivity index (χ0n) is 11.4. The van der Waals surface area contributed by atoms with Crippen LogP contribution >= 0.6 is 0 Å². The summed E-state index contributed by atoms with van der Waals surface area (Å²) >= 11 is 0. The second-order valence-electron chi connectivity index (χ2n) is 5.14. The van der Waals surface area contributed by atoms with Gasteiger partial charge in [-0.25, -0.2) is 8.78 Å². The third kappa shape index (κ3) is 2.78. The lowest BCUT2D eigenvalue weighted by Crippen LogP contribution is -2.15. The first-order valence-electron chi connectivity index (χ1n) is 6.82. The minimum atomic E-state index is -0.860. The van der Waals surface area contributed by atoms with Crippen LogP contribution < -0.4 is 5.73 Å². The molecule has 0 amide bonds. The van der Waals surface area contributed by atoms with Crippen molar-refractivity contribution in [3.8, 4) is 0 Å². The normalized spacial score (nSPS) is 12.5. The molecule has 2 N–H and O–H groups in total. The van der Waals surface area contributed by atoms with Crippen LogP contribution in [-0.2, 0) is 6.42 Å². The quantitative estimate of drug-likeness (QED) is 0.759. The highest BCUT2D eigenvalue weighted by Gasteiger charge is 2.15. The highest BCUT2D eigenvalue weighted by Crippen LogP contribution is 2.23. The zero-order chi connectivity index (χ0) is 14.8. The average molecular weight is 283 g/mol. The lowest BCUT2D eigenvalue weighted by atomic mass is 9.97. The fourth-order valence-corrected chi connectivity index (χ4v) is 2.54. The maximum absolute atomic E-state index is 13.8. The highest BCUT2D eigenvalue weighted by atomic mass is 19.2. The van der Waals surface area contributed by atoms with Crippen LogP contribution in [0.2, 0.25) is 0 Å². The van der Waals surface area contributed by atoms with Crippen molar-refractivity contribution in [2.45, 2.75) is 12.5 Å². The zero-order valence-corrected chi connectivity index (χ0v) is 11.4. The molecule has 1 atom stereocenters. The third-order valence-electron chi connectivity index (χ3n) is 3.65. The first kappa shape index (κ1) is 13.7. The molecule has 21 heavy (non-hydrogen) atoms. The van der Waals surface area contributed by atoms with Crippen molar-refractivity contribution in [3.05, 3.63) is 83.4 Å². The molecule has 3 rings (SSSR count). The van der Waals surface area contributed by atoms with E-state index < -0.39 is 17.7 Å². The molecule has 0 heterocycles. The highest BCUT2D eigenvalue weighted by molar-refractivity contribution is 5.83. The van der Waals surface area contributed by atoms with Gasteiger partial charge in [-0.3, -0.25) is 0 Å². The van der Waals surface area contributed by atoms with Crippen molar-refractivity contribution < 1.29 is 8.78 Å². The average Bonchev–Trinajstić information content (AvgIpc) is 2.50.